The van der Waals surface area contributed by atoms with E-state index in [2.05, 4.69) is 10.2 Å². The molecule has 0 unspecified atom stereocenters. The maximum Gasteiger partial charge on any atom is 0.257 e. The number of hydrogen-bond donors (Lipinski definition) is 1. The lowest BCUT2D eigenvalue weighted by atomic mass is 10.0. The van der Waals surface area contributed by atoms with E-state index >= 15 is 0 Å². The summed E-state index contributed by atoms with van der Waals surface area (Å²) in [5.41, 5.74) is 5.57. The van der Waals surface area contributed by atoms with Gasteiger partial charge in [0.05, 0.1) is 18.9 Å². The van der Waals surface area contributed by atoms with E-state index in [1.54, 1.807) is 6.20 Å². The summed E-state index contributed by atoms with van der Waals surface area (Å²) in [7, 11) is 1.90. The summed E-state index contributed by atoms with van der Waals surface area (Å²) in [6.07, 6.45) is 1.80. The van der Waals surface area contributed by atoms with Gasteiger partial charge in [-0.3, -0.25) is 5.10 Å². The second kappa shape index (κ2) is 4.98. The molecule has 1 N–H and O–H groups in total. The summed E-state index contributed by atoms with van der Waals surface area (Å²) in [6.45, 7) is 1.82. The number of fused-ring (bicyclic) bond motifs is 1. The molecule has 4 aromatic rings. The van der Waals surface area contributed by atoms with Crippen LogP contribution in [0.5, 0.6) is 0 Å². The predicted octanol–water partition coefficient (Wildman–Crippen LogP) is 3.18. The van der Waals surface area contributed by atoms with Crippen molar-refractivity contribution in [2.45, 2.75) is 6.92 Å². The molecule has 0 saturated carbocycles. The molecule has 0 saturated heterocycles. The summed E-state index contributed by atoms with van der Waals surface area (Å²) < 4.78 is 2.88. The van der Waals surface area contributed by atoms with Crippen LogP contribution in [-0.2, 0) is 7.05 Å². The summed E-state index contributed by atoms with van der Waals surface area (Å²) in [6, 6.07) is 16.0. The van der Waals surface area contributed by atoms with Gasteiger partial charge in [-0.25, -0.2) is 9.30 Å². The number of nitrogens with zero attached hydrogens (tertiary/aromatic N) is 3. The molecule has 0 amide bonds. The lowest BCUT2D eigenvalue weighted by Gasteiger charge is -2.04. The molecule has 114 valence electrons. The van der Waals surface area contributed by atoms with Gasteiger partial charge in [0, 0.05) is 18.1 Å². The number of hydrogen-bond acceptors (Lipinski definition) is 2. The van der Waals surface area contributed by atoms with Crippen molar-refractivity contribution in [3.63, 3.8) is 0 Å². The molecule has 0 atom stereocenters. The third-order valence-corrected chi connectivity index (χ3v) is 4.35. The van der Waals surface area contributed by atoms with E-state index < -0.39 is 0 Å². The van der Waals surface area contributed by atoms with Crippen LogP contribution in [0.15, 0.2) is 54.7 Å². The highest BCUT2D eigenvalue weighted by Crippen LogP contribution is 2.31. The van der Waals surface area contributed by atoms with Gasteiger partial charge in [0.25, 0.3) is 5.82 Å². The highest BCUT2D eigenvalue weighted by Gasteiger charge is 2.17. The number of aromatic amines is 1. The minimum Gasteiger partial charge on any atom is -0.710 e. The molecule has 5 heteroatoms. The van der Waals surface area contributed by atoms with Crippen LogP contribution in [-0.4, -0.2) is 14.8 Å². The van der Waals surface area contributed by atoms with Crippen LogP contribution < -0.4 is 4.73 Å². The summed E-state index contributed by atoms with van der Waals surface area (Å²) in [5.74, 6) is 0.674. The van der Waals surface area contributed by atoms with E-state index in [9.17, 15) is 5.21 Å². The molecule has 0 aliphatic heterocycles. The first-order chi connectivity index (χ1) is 11.2. The summed E-state index contributed by atoms with van der Waals surface area (Å²) in [5, 5.41) is 19.5. The van der Waals surface area contributed by atoms with Crippen molar-refractivity contribution < 1.29 is 4.73 Å². The van der Waals surface area contributed by atoms with Crippen LogP contribution in [0.25, 0.3) is 33.4 Å². The number of imidazole rings is 1. The molecule has 0 spiro atoms. The summed E-state index contributed by atoms with van der Waals surface area (Å²) >= 11 is 0. The fourth-order valence-corrected chi connectivity index (χ4v) is 2.95. The lowest BCUT2D eigenvalue weighted by molar-refractivity contribution is -0.585. The van der Waals surface area contributed by atoms with Gasteiger partial charge in [-0.05, 0) is 23.8 Å². The Kier molecular flexibility index (Phi) is 2.94. The minimum atomic E-state index is 0.669. The Morgan fingerprint density at radius 3 is 2.65 bits per heavy atom. The first-order valence-corrected chi connectivity index (χ1v) is 7.44. The van der Waals surface area contributed by atoms with Crippen molar-refractivity contribution in [1.82, 2.24) is 14.8 Å². The Bertz CT molecular complexity index is 999. The Hall–Kier alpha value is -3.08. The fourth-order valence-electron chi connectivity index (χ4n) is 2.95. The zero-order chi connectivity index (χ0) is 16.0. The minimum absolute atomic E-state index is 0.669. The second-order valence-corrected chi connectivity index (χ2v) is 5.63. The molecule has 2 heterocycles. The molecule has 2 aromatic carbocycles. The van der Waals surface area contributed by atoms with Crippen molar-refractivity contribution in [2.75, 3.05) is 0 Å². The topological polar surface area (TPSA) is 60.5 Å². The van der Waals surface area contributed by atoms with Gasteiger partial charge in [-0.1, -0.05) is 30.3 Å². The quantitative estimate of drug-likeness (QED) is 0.457. The van der Waals surface area contributed by atoms with Crippen LogP contribution in [0.4, 0.5) is 0 Å². The fraction of sp³-hybridized carbons (Fsp3) is 0.111. The molecule has 0 bridgehead atoms. The number of benzene rings is 2. The zero-order valence-corrected chi connectivity index (χ0v) is 12.9. The van der Waals surface area contributed by atoms with Crippen molar-refractivity contribution in [3.05, 3.63) is 65.8 Å². The van der Waals surface area contributed by atoms with E-state index in [0.29, 0.717) is 11.3 Å². The number of aryl methyl sites for hydroxylation is 1. The molecular formula is C18H16N4O. The Morgan fingerprint density at radius 2 is 1.87 bits per heavy atom. The van der Waals surface area contributed by atoms with Gasteiger partial charge in [-0.2, -0.15) is 5.10 Å². The molecule has 0 aliphatic carbocycles. The van der Waals surface area contributed by atoms with Crippen molar-refractivity contribution in [1.29, 1.82) is 0 Å². The Morgan fingerprint density at radius 1 is 1.09 bits per heavy atom. The molecule has 23 heavy (non-hydrogen) atoms. The average Bonchev–Trinajstić information content (AvgIpc) is 3.16. The van der Waals surface area contributed by atoms with E-state index in [1.165, 1.54) is 0 Å². The molecule has 4 rings (SSSR count). The standard InChI is InChI=1S/C18H16N4O/c1-12-21(2)16-9-8-14(10-17(16)22(12)23)15-11-19-20-18(15)13-6-4-3-5-7-13/h3-11H,1-2H3,(H,19,20). The van der Waals surface area contributed by atoms with E-state index in [1.807, 2.05) is 67.1 Å². The largest absolute Gasteiger partial charge is 0.710 e. The molecule has 0 fully saturated rings. The molecule has 2 aromatic heterocycles. The third kappa shape index (κ3) is 2.01. The maximum absolute atomic E-state index is 12.3. The monoisotopic (exact) mass is 304 g/mol. The van der Waals surface area contributed by atoms with Crippen LogP contribution in [0.2, 0.25) is 0 Å². The van der Waals surface area contributed by atoms with Crippen LogP contribution in [0, 0.1) is 12.1 Å². The van der Waals surface area contributed by atoms with Crippen LogP contribution in [0.3, 0.4) is 0 Å². The van der Waals surface area contributed by atoms with E-state index in [0.717, 1.165) is 32.6 Å². The second-order valence-electron chi connectivity index (χ2n) is 5.63. The summed E-state index contributed by atoms with van der Waals surface area (Å²) in [4.78, 5) is 0. The van der Waals surface area contributed by atoms with Crippen molar-refractivity contribution >= 4 is 11.0 Å². The highest BCUT2D eigenvalue weighted by atomic mass is 16.5. The van der Waals surface area contributed by atoms with Crippen molar-refractivity contribution in [2.24, 2.45) is 7.05 Å². The average molecular weight is 304 g/mol. The van der Waals surface area contributed by atoms with E-state index in [-0.39, 0.29) is 0 Å². The lowest BCUT2D eigenvalue weighted by Crippen LogP contribution is -2.28. The highest BCUT2D eigenvalue weighted by molar-refractivity contribution is 5.85. The predicted molar refractivity (Wildman–Crippen MR) is 89.6 cm³/mol. The maximum atomic E-state index is 12.3. The van der Waals surface area contributed by atoms with Crippen LogP contribution >= 0.6 is 0 Å². The van der Waals surface area contributed by atoms with Gasteiger partial charge < -0.3 is 5.21 Å². The molecular weight excluding hydrogens is 288 g/mol. The van der Waals surface area contributed by atoms with Gasteiger partial charge in [-0.15, -0.1) is 0 Å². The number of rotatable bonds is 2. The van der Waals surface area contributed by atoms with Gasteiger partial charge in [0.1, 0.15) is 0 Å². The SMILES string of the molecule is Cc1n(C)c2ccc(-c3cn[nH]c3-c3ccccc3)cc2[n+]1[O-]. The van der Waals surface area contributed by atoms with Gasteiger partial charge in [0.15, 0.2) is 11.0 Å². The smallest absolute Gasteiger partial charge is 0.257 e. The van der Waals surface area contributed by atoms with E-state index in [4.69, 9.17) is 0 Å². The van der Waals surface area contributed by atoms with Gasteiger partial charge in [0.2, 0.25) is 0 Å². The number of aromatic nitrogens is 4. The zero-order valence-electron chi connectivity index (χ0n) is 12.9. The number of nitrogens with one attached hydrogen (secondary N) is 1. The third-order valence-electron chi connectivity index (χ3n) is 4.35. The molecule has 5 nitrogen and oxygen atoms in total. The molecule has 0 radical (unpaired) electrons. The first-order valence-electron chi connectivity index (χ1n) is 7.44. The van der Waals surface area contributed by atoms with Crippen molar-refractivity contribution in [3.8, 4) is 22.4 Å². The number of H-pyrrole nitrogens is 1. The Labute approximate surface area is 133 Å². The first kappa shape index (κ1) is 13.6. The van der Waals surface area contributed by atoms with Gasteiger partial charge >= 0.3 is 0 Å². The Balaban J connectivity index is 1.91. The normalized spacial score (nSPS) is 11.2. The molecule has 0 aliphatic rings. The van der Waals surface area contributed by atoms with Crippen LogP contribution in [0.1, 0.15) is 5.82 Å².